The van der Waals surface area contributed by atoms with Gasteiger partial charge in [-0.25, -0.2) is 14.1 Å². The second kappa shape index (κ2) is 14.2. The fraction of sp³-hybridized carbons (Fsp3) is 0.696. The predicted molar refractivity (Wildman–Crippen MR) is 110 cm³/mol. The van der Waals surface area contributed by atoms with Crippen LogP contribution < -0.4 is 0 Å². The summed E-state index contributed by atoms with van der Waals surface area (Å²) in [5.74, 6) is -4.29. The van der Waals surface area contributed by atoms with E-state index in [9.17, 15) is 23.9 Å². The Bertz CT molecular complexity index is 632. The molecule has 0 atom stereocenters. The molecule has 6 heteroatoms. The molecule has 0 radical (unpaired) electrons. The highest BCUT2D eigenvalue weighted by Gasteiger charge is 2.28. The molecule has 0 saturated carbocycles. The Morgan fingerprint density at radius 2 is 1.21 bits per heavy atom. The number of unbranched alkanes of at least 4 members (excludes halogenated alkanes) is 10. The van der Waals surface area contributed by atoms with Crippen molar-refractivity contribution in [2.75, 3.05) is 0 Å². The predicted octanol–water partition coefficient (Wildman–Crippen LogP) is 7.08. The van der Waals surface area contributed by atoms with E-state index >= 15 is 0 Å². The van der Waals surface area contributed by atoms with Crippen molar-refractivity contribution in [3.05, 3.63) is 22.5 Å². The fourth-order valence-corrected chi connectivity index (χ4v) is 3.75. The van der Waals surface area contributed by atoms with Gasteiger partial charge in [0.15, 0.2) is 17.3 Å². The topological polar surface area (TPSA) is 66.8 Å². The van der Waals surface area contributed by atoms with Crippen molar-refractivity contribution in [3.63, 3.8) is 0 Å². The third kappa shape index (κ3) is 7.82. The van der Waals surface area contributed by atoms with Gasteiger partial charge < -0.3 is 10.2 Å². The number of benzene rings is 1. The molecule has 0 aliphatic carbocycles. The van der Waals surface area contributed by atoms with Crippen LogP contribution in [-0.4, -0.2) is 16.2 Å². The number of aromatic hydroxyl groups is 2. The number of halogens is 2. The SMILES string of the molecule is CCCCCCCCc1c(F)c(O)c(O)c(C(=O)OF)c1CCCCCCCC. The molecule has 0 fully saturated rings. The van der Waals surface area contributed by atoms with E-state index in [1.807, 2.05) is 0 Å². The molecule has 0 spiro atoms. The van der Waals surface area contributed by atoms with Gasteiger partial charge in [0.2, 0.25) is 0 Å². The normalized spacial score (nSPS) is 11.0. The zero-order valence-corrected chi connectivity index (χ0v) is 17.9. The van der Waals surface area contributed by atoms with Crippen LogP contribution in [-0.2, 0) is 17.8 Å². The lowest BCUT2D eigenvalue weighted by Crippen LogP contribution is -2.11. The van der Waals surface area contributed by atoms with Gasteiger partial charge in [-0.15, -0.1) is 0 Å². The maximum atomic E-state index is 14.7. The van der Waals surface area contributed by atoms with Crippen LogP contribution in [0.3, 0.4) is 0 Å². The number of hydrogen-bond donors (Lipinski definition) is 2. The van der Waals surface area contributed by atoms with Crippen molar-refractivity contribution in [1.29, 1.82) is 0 Å². The van der Waals surface area contributed by atoms with E-state index in [2.05, 4.69) is 18.8 Å². The molecular formula is C23H36F2O4. The van der Waals surface area contributed by atoms with Crippen molar-refractivity contribution < 1.29 is 28.9 Å². The van der Waals surface area contributed by atoms with E-state index in [0.717, 1.165) is 64.2 Å². The first-order valence-electron chi connectivity index (χ1n) is 11.1. The fourth-order valence-electron chi connectivity index (χ4n) is 3.75. The lowest BCUT2D eigenvalue weighted by molar-refractivity contribution is -0.0791. The first-order valence-corrected chi connectivity index (χ1v) is 11.1. The summed E-state index contributed by atoms with van der Waals surface area (Å²) in [6.07, 6.45) is 12.7. The zero-order chi connectivity index (χ0) is 21.6. The van der Waals surface area contributed by atoms with Crippen LogP contribution in [0, 0.1) is 5.82 Å². The molecule has 0 aliphatic heterocycles. The van der Waals surface area contributed by atoms with E-state index in [0.29, 0.717) is 25.7 Å². The molecular weight excluding hydrogens is 378 g/mol. The molecule has 1 rings (SSSR count). The smallest absolute Gasteiger partial charge is 0.383 e. The molecule has 2 N–H and O–H groups in total. The lowest BCUT2D eigenvalue weighted by atomic mass is 9.90. The maximum Gasteiger partial charge on any atom is 0.383 e. The number of hydrogen-bond acceptors (Lipinski definition) is 4. The molecule has 0 heterocycles. The van der Waals surface area contributed by atoms with E-state index in [1.165, 1.54) is 0 Å². The van der Waals surface area contributed by atoms with E-state index in [-0.39, 0.29) is 11.1 Å². The Kier molecular flexibility index (Phi) is 12.3. The highest BCUT2D eigenvalue weighted by Crippen LogP contribution is 2.39. The molecule has 0 aromatic heterocycles. The lowest BCUT2D eigenvalue weighted by Gasteiger charge is -2.17. The number of phenolic OH excluding ortho intramolecular Hbond substituents is 2. The Hall–Kier alpha value is -1.85. The highest BCUT2D eigenvalue weighted by molar-refractivity contribution is 5.95. The van der Waals surface area contributed by atoms with Gasteiger partial charge in [-0.3, -0.25) is 0 Å². The summed E-state index contributed by atoms with van der Waals surface area (Å²) in [6, 6.07) is 0. The van der Waals surface area contributed by atoms with Gasteiger partial charge in [0, 0.05) is 4.53 Å². The minimum Gasteiger partial charge on any atom is -0.504 e. The maximum absolute atomic E-state index is 14.7. The Morgan fingerprint density at radius 3 is 1.69 bits per heavy atom. The van der Waals surface area contributed by atoms with Crippen molar-refractivity contribution in [2.45, 2.75) is 104 Å². The minimum atomic E-state index is -1.40. The standard InChI is InChI=1S/C23H36F2O4/c1-3-5-7-9-11-13-15-17-18(16-14-12-10-8-6-4-2)20(24)22(27)21(26)19(17)23(28)29-25/h26-27H,3-16H2,1-2H3. The van der Waals surface area contributed by atoms with Gasteiger partial charge >= 0.3 is 5.97 Å². The van der Waals surface area contributed by atoms with Crippen LogP contribution in [0.1, 0.15) is 112 Å². The molecule has 0 amide bonds. The van der Waals surface area contributed by atoms with Crippen LogP contribution in [0.2, 0.25) is 0 Å². The van der Waals surface area contributed by atoms with Crippen LogP contribution in [0.15, 0.2) is 0 Å². The van der Waals surface area contributed by atoms with Crippen LogP contribution >= 0.6 is 0 Å². The minimum absolute atomic E-state index is 0.185. The van der Waals surface area contributed by atoms with Gasteiger partial charge in [-0.1, -0.05) is 78.1 Å². The first-order chi connectivity index (χ1) is 14.0. The van der Waals surface area contributed by atoms with Crippen molar-refractivity contribution in [3.8, 4) is 11.5 Å². The molecule has 0 aliphatic rings. The number of rotatable bonds is 15. The van der Waals surface area contributed by atoms with Gasteiger partial charge in [-0.2, -0.15) is 0 Å². The number of carbonyl (C=O) groups excluding carboxylic acids is 1. The van der Waals surface area contributed by atoms with Gasteiger partial charge in [-0.05, 0) is 36.8 Å². The molecule has 1 aromatic carbocycles. The summed E-state index contributed by atoms with van der Waals surface area (Å²) >= 11 is 0. The second-order valence-corrected chi connectivity index (χ2v) is 7.74. The monoisotopic (exact) mass is 414 g/mol. The summed E-state index contributed by atoms with van der Waals surface area (Å²) in [7, 11) is 0. The average Bonchev–Trinajstić information content (AvgIpc) is 2.72. The van der Waals surface area contributed by atoms with Gasteiger partial charge in [0.1, 0.15) is 5.56 Å². The molecule has 0 bridgehead atoms. The summed E-state index contributed by atoms with van der Waals surface area (Å²) in [4.78, 5) is 15.2. The summed E-state index contributed by atoms with van der Waals surface area (Å²) in [5.41, 5.74) is -0.0183. The molecule has 0 saturated heterocycles. The van der Waals surface area contributed by atoms with Gasteiger partial charge in [0.25, 0.3) is 0 Å². The van der Waals surface area contributed by atoms with Crippen molar-refractivity contribution >= 4 is 5.97 Å². The van der Waals surface area contributed by atoms with Crippen LogP contribution in [0.25, 0.3) is 0 Å². The average molecular weight is 415 g/mol. The molecule has 0 unspecified atom stereocenters. The van der Waals surface area contributed by atoms with E-state index in [4.69, 9.17) is 0 Å². The summed E-state index contributed by atoms with van der Waals surface area (Å²) in [5, 5.41) is 20.0. The Labute approximate surface area is 173 Å². The van der Waals surface area contributed by atoms with Crippen LogP contribution in [0.4, 0.5) is 8.92 Å². The first kappa shape index (κ1) is 25.2. The van der Waals surface area contributed by atoms with Crippen molar-refractivity contribution in [1.82, 2.24) is 0 Å². The molecule has 1 aromatic rings. The quantitative estimate of drug-likeness (QED) is 0.238. The third-order valence-corrected chi connectivity index (χ3v) is 5.43. The summed E-state index contributed by atoms with van der Waals surface area (Å²) < 4.78 is 27.3. The largest absolute Gasteiger partial charge is 0.504 e. The van der Waals surface area contributed by atoms with Gasteiger partial charge in [0.05, 0.1) is 0 Å². The molecule has 29 heavy (non-hydrogen) atoms. The van der Waals surface area contributed by atoms with E-state index < -0.39 is 28.8 Å². The van der Waals surface area contributed by atoms with Crippen molar-refractivity contribution in [2.24, 2.45) is 0 Å². The zero-order valence-electron chi connectivity index (χ0n) is 17.9. The van der Waals surface area contributed by atoms with E-state index in [1.54, 1.807) is 0 Å². The number of phenols is 2. The second-order valence-electron chi connectivity index (χ2n) is 7.74. The third-order valence-electron chi connectivity index (χ3n) is 5.43. The molecule has 166 valence electrons. The Morgan fingerprint density at radius 1 is 0.759 bits per heavy atom. The highest BCUT2D eigenvalue weighted by atomic mass is 19.3. The number of carbonyl (C=O) groups is 1. The molecule has 4 nitrogen and oxygen atoms in total. The van der Waals surface area contributed by atoms with Crippen LogP contribution in [0.5, 0.6) is 11.5 Å². The summed E-state index contributed by atoms with van der Waals surface area (Å²) in [6.45, 7) is 4.26. The Balaban J connectivity index is 2.99.